The van der Waals surface area contributed by atoms with Crippen molar-refractivity contribution in [3.63, 3.8) is 0 Å². The van der Waals surface area contributed by atoms with Crippen LogP contribution in [-0.2, 0) is 16.1 Å². The summed E-state index contributed by atoms with van der Waals surface area (Å²) in [6.07, 6.45) is 5.55. The Morgan fingerprint density at radius 3 is 2.81 bits per heavy atom. The molecule has 4 rings (SSSR count). The number of carbonyl (C=O) groups excluding carboxylic acids is 1. The fraction of sp³-hybridized carbons (Fsp3) is 0.524. The number of amides is 1. The molecule has 27 heavy (non-hydrogen) atoms. The van der Waals surface area contributed by atoms with Crippen LogP contribution in [0.5, 0.6) is 0 Å². The van der Waals surface area contributed by atoms with Crippen LogP contribution in [-0.4, -0.2) is 47.7 Å². The molecule has 2 aromatic heterocycles. The Morgan fingerprint density at radius 1 is 1.33 bits per heavy atom. The Morgan fingerprint density at radius 2 is 2.11 bits per heavy atom. The van der Waals surface area contributed by atoms with E-state index in [-0.39, 0.29) is 11.5 Å². The highest BCUT2D eigenvalue weighted by atomic mass is 16.5. The molecule has 2 fully saturated rings. The lowest BCUT2D eigenvalue weighted by atomic mass is 9.79. The molecule has 1 atom stereocenters. The monoisotopic (exact) mass is 370 g/mol. The van der Waals surface area contributed by atoms with Gasteiger partial charge in [-0.05, 0) is 56.4 Å². The lowest BCUT2D eigenvalue weighted by Gasteiger charge is -2.50. The van der Waals surface area contributed by atoms with Crippen LogP contribution in [0.2, 0.25) is 0 Å². The van der Waals surface area contributed by atoms with Crippen molar-refractivity contribution in [3.8, 4) is 0 Å². The van der Waals surface area contributed by atoms with E-state index >= 15 is 0 Å². The van der Waals surface area contributed by atoms with Crippen molar-refractivity contribution >= 4 is 5.91 Å². The normalized spacial score (nSPS) is 20.8. The number of hydrogen-bond donors (Lipinski definition) is 0. The molecule has 0 N–H and O–H groups in total. The number of aromatic nitrogens is 1. The Labute approximate surface area is 159 Å². The molecule has 6 nitrogen and oxygen atoms in total. The molecule has 1 amide bonds. The van der Waals surface area contributed by atoms with Gasteiger partial charge in [0.05, 0.1) is 25.3 Å². The first-order valence-electron chi connectivity index (χ1n) is 9.54. The summed E-state index contributed by atoms with van der Waals surface area (Å²) in [6.45, 7) is 7.09. The molecule has 1 spiro atoms. The number of rotatable bonds is 6. The van der Waals surface area contributed by atoms with Crippen LogP contribution < -0.4 is 0 Å². The van der Waals surface area contributed by atoms with E-state index in [1.165, 1.54) is 0 Å². The molecule has 4 heterocycles. The van der Waals surface area contributed by atoms with Crippen molar-refractivity contribution in [2.45, 2.75) is 38.9 Å². The van der Waals surface area contributed by atoms with E-state index in [4.69, 9.17) is 13.9 Å². The number of aryl methyl sites for hydroxylation is 2. The van der Waals surface area contributed by atoms with Crippen LogP contribution in [0.1, 0.15) is 40.3 Å². The van der Waals surface area contributed by atoms with E-state index in [1.807, 2.05) is 36.9 Å². The van der Waals surface area contributed by atoms with Gasteiger partial charge < -0.3 is 18.8 Å². The number of nitrogens with zero attached hydrogens (tertiary/aromatic N) is 2. The molecule has 0 radical (unpaired) electrons. The predicted molar refractivity (Wildman–Crippen MR) is 99.4 cm³/mol. The van der Waals surface area contributed by atoms with Crippen LogP contribution in [0.4, 0.5) is 0 Å². The summed E-state index contributed by atoms with van der Waals surface area (Å²) in [5.74, 6) is 1.93. The Balaban J connectivity index is 1.28. The van der Waals surface area contributed by atoms with Crippen molar-refractivity contribution in [1.82, 2.24) is 9.88 Å². The molecule has 0 aromatic carbocycles. The Bertz CT molecular complexity index is 796. The summed E-state index contributed by atoms with van der Waals surface area (Å²) in [7, 11) is 0. The third-order valence-electron chi connectivity index (χ3n) is 5.70. The molecule has 0 saturated carbocycles. The fourth-order valence-corrected chi connectivity index (χ4v) is 4.19. The second kappa shape index (κ2) is 7.44. The molecular weight excluding hydrogens is 344 g/mol. The van der Waals surface area contributed by atoms with Gasteiger partial charge >= 0.3 is 0 Å². The van der Waals surface area contributed by atoms with Gasteiger partial charge in [0.1, 0.15) is 17.1 Å². The molecule has 2 saturated heterocycles. The minimum Gasteiger partial charge on any atom is -0.466 e. The molecule has 0 bridgehead atoms. The van der Waals surface area contributed by atoms with Crippen LogP contribution in [0.3, 0.4) is 0 Å². The molecule has 2 aromatic rings. The van der Waals surface area contributed by atoms with Crippen molar-refractivity contribution < 1.29 is 18.7 Å². The quantitative estimate of drug-likeness (QED) is 0.731. The molecule has 6 heteroatoms. The summed E-state index contributed by atoms with van der Waals surface area (Å²) in [5, 5.41) is 0. The first-order chi connectivity index (χ1) is 13.1. The average molecular weight is 370 g/mol. The summed E-state index contributed by atoms with van der Waals surface area (Å²) >= 11 is 0. The molecular formula is C21H26N2O4. The van der Waals surface area contributed by atoms with Gasteiger partial charge in [-0.25, -0.2) is 0 Å². The zero-order chi connectivity index (χ0) is 18.9. The van der Waals surface area contributed by atoms with Crippen LogP contribution >= 0.6 is 0 Å². The number of hydrogen-bond acceptors (Lipinski definition) is 5. The van der Waals surface area contributed by atoms with E-state index in [2.05, 4.69) is 4.98 Å². The first kappa shape index (κ1) is 18.2. The fourth-order valence-electron chi connectivity index (χ4n) is 4.19. The molecule has 144 valence electrons. The van der Waals surface area contributed by atoms with Gasteiger partial charge in [-0.1, -0.05) is 0 Å². The number of likely N-dealkylation sites (tertiary alicyclic amines) is 1. The third-order valence-corrected chi connectivity index (χ3v) is 5.70. The summed E-state index contributed by atoms with van der Waals surface area (Å²) < 4.78 is 17.4. The second-order valence-corrected chi connectivity index (χ2v) is 7.58. The van der Waals surface area contributed by atoms with E-state index in [9.17, 15) is 4.79 Å². The largest absolute Gasteiger partial charge is 0.466 e. The van der Waals surface area contributed by atoms with Gasteiger partial charge in [0.25, 0.3) is 5.91 Å². The molecule has 2 aliphatic heterocycles. The number of ether oxygens (including phenoxy) is 2. The van der Waals surface area contributed by atoms with Crippen LogP contribution in [0.15, 0.2) is 35.0 Å². The molecule has 0 aliphatic carbocycles. The highest BCUT2D eigenvalue weighted by Crippen LogP contribution is 2.42. The maximum absolute atomic E-state index is 12.7. The highest BCUT2D eigenvalue weighted by Gasteiger charge is 2.54. The van der Waals surface area contributed by atoms with Crippen molar-refractivity contribution in [2.24, 2.45) is 5.92 Å². The summed E-state index contributed by atoms with van der Waals surface area (Å²) in [6, 6.07) is 5.76. The second-order valence-electron chi connectivity index (χ2n) is 7.58. The van der Waals surface area contributed by atoms with Gasteiger partial charge in [-0.2, -0.15) is 0 Å². The predicted octanol–water partition coefficient (Wildman–Crippen LogP) is 3.13. The minimum absolute atomic E-state index is 0.0400. The standard InChI is InChI=1S/C21H26N2O4/c1-15-11-19(16(2)27-15)20(24)23-13-21(14-23)18(6-10-26-21)5-9-25-12-17-3-7-22-8-4-17/h3-4,7-8,11,18H,5-6,9-10,12-14H2,1-2H3. The first-order valence-corrected chi connectivity index (χ1v) is 9.54. The van der Waals surface area contributed by atoms with E-state index in [1.54, 1.807) is 12.4 Å². The van der Waals surface area contributed by atoms with Gasteiger partial charge in [-0.15, -0.1) is 0 Å². The third kappa shape index (κ3) is 3.64. The van der Waals surface area contributed by atoms with Gasteiger partial charge in [-0.3, -0.25) is 9.78 Å². The zero-order valence-electron chi connectivity index (χ0n) is 15.9. The maximum atomic E-state index is 12.7. The van der Waals surface area contributed by atoms with Gasteiger partial charge in [0, 0.05) is 25.6 Å². The van der Waals surface area contributed by atoms with Gasteiger partial charge in [0.15, 0.2) is 0 Å². The molecule has 1 unspecified atom stereocenters. The van der Waals surface area contributed by atoms with Crippen molar-refractivity contribution in [2.75, 3.05) is 26.3 Å². The summed E-state index contributed by atoms with van der Waals surface area (Å²) in [4.78, 5) is 18.6. The number of carbonyl (C=O) groups is 1. The number of furan rings is 1. The SMILES string of the molecule is Cc1cc(C(=O)N2CC3(C2)OCCC3CCOCc2ccncc2)c(C)o1. The van der Waals surface area contributed by atoms with E-state index < -0.39 is 0 Å². The lowest BCUT2D eigenvalue weighted by molar-refractivity contribution is -0.120. The topological polar surface area (TPSA) is 64.8 Å². The highest BCUT2D eigenvalue weighted by molar-refractivity contribution is 5.96. The maximum Gasteiger partial charge on any atom is 0.257 e. The Kier molecular flexibility index (Phi) is 5.02. The minimum atomic E-state index is -0.192. The molecule has 2 aliphatic rings. The average Bonchev–Trinajstić information content (AvgIpc) is 3.20. The van der Waals surface area contributed by atoms with Gasteiger partial charge in [0.2, 0.25) is 0 Å². The number of pyridine rings is 1. The van der Waals surface area contributed by atoms with Crippen LogP contribution in [0, 0.1) is 19.8 Å². The summed E-state index contributed by atoms with van der Waals surface area (Å²) in [5.41, 5.74) is 1.61. The van der Waals surface area contributed by atoms with E-state index in [0.717, 1.165) is 30.8 Å². The van der Waals surface area contributed by atoms with Crippen molar-refractivity contribution in [3.05, 3.63) is 53.2 Å². The van der Waals surface area contributed by atoms with Crippen molar-refractivity contribution in [1.29, 1.82) is 0 Å². The lowest BCUT2D eigenvalue weighted by Crippen LogP contribution is -2.66. The Hall–Kier alpha value is -2.18. The smallest absolute Gasteiger partial charge is 0.257 e. The van der Waals surface area contributed by atoms with E-state index in [0.29, 0.717) is 43.5 Å². The zero-order valence-corrected chi connectivity index (χ0v) is 15.9. The van der Waals surface area contributed by atoms with Crippen LogP contribution in [0.25, 0.3) is 0 Å².